The van der Waals surface area contributed by atoms with Crippen LogP contribution in [0.25, 0.3) is 0 Å². The van der Waals surface area contributed by atoms with Crippen molar-refractivity contribution in [2.45, 2.75) is 11.2 Å². The van der Waals surface area contributed by atoms with Gasteiger partial charge in [-0.05, 0) is 24.3 Å². The summed E-state index contributed by atoms with van der Waals surface area (Å²) >= 11 is 0.949. The number of amides is 2. The maximum atomic E-state index is 13.6. The lowest BCUT2D eigenvalue weighted by molar-refractivity contribution is -0.132. The molecular formula is C22H16N2O7S. The number of rotatable bonds is 3. The third-order valence-electron chi connectivity index (χ3n) is 5.82. The number of fused-ring (bicyclic) bond motifs is 5. The summed E-state index contributed by atoms with van der Waals surface area (Å²) < 4.78 is 10.8. The van der Waals surface area contributed by atoms with E-state index in [0.717, 1.165) is 16.7 Å². The third-order valence-corrected chi connectivity index (χ3v) is 7.04. The average molecular weight is 452 g/mol. The first-order valence-corrected chi connectivity index (χ1v) is 10.5. The van der Waals surface area contributed by atoms with E-state index in [-0.39, 0.29) is 27.6 Å². The number of hydrogen-bond acceptors (Lipinski definition) is 8. The molecule has 2 aromatic rings. The van der Waals surface area contributed by atoms with Crippen molar-refractivity contribution < 1.29 is 33.8 Å². The Hall–Kier alpha value is -3.79. The second-order valence-corrected chi connectivity index (χ2v) is 8.64. The molecule has 3 N–H and O–H groups in total. The van der Waals surface area contributed by atoms with Crippen molar-refractivity contribution >= 4 is 41.2 Å². The number of nitrogens with zero attached hydrogens (tertiary/aromatic N) is 1. The molecule has 9 nitrogen and oxygen atoms in total. The van der Waals surface area contributed by atoms with Gasteiger partial charge >= 0.3 is 11.9 Å². The molecule has 5 rings (SSSR count). The second kappa shape index (κ2) is 7.13. The van der Waals surface area contributed by atoms with E-state index in [0.29, 0.717) is 11.3 Å². The van der Waals surface area contributed by atoms with Crippen LogP contribution < -0.4 is 20.1 Å². The second-order valence-electron chi connectivity index (χ2n) is 7.46. The van der Waals surface area contributed by atoms with Gasteiger partial charge in [0.15, 0.2) is 11.5 Å². The Labute approximate surface area is 185 Å². The molecule has 1 saturated heterocycles. The van der Waals surface area contributed by atoms with E-state index < -0.39 is 40.8 Å². The number of carboxylic acids is 1. The minimum absolute atomic E-state index is 0.0553. The van der Waals surface area contributed by atoms with Crippen molar-refractivity contribution in [2.24, 2.45) is 11.7 Å². The van der Waals surface area contributed by atoms with Gasteiger partial charge in [0.1, 0.15) is 5.25 Å². The highest BCUT2D eigenvalue weighted by molar-refractivity contribution is 8.04. The molecule has 3 heterocycles. The summed E-state index contributed by atoms with van der Waals surface area (Å²) in [7, 11) is 1.43. The fraction of sp³-hybridized carbons (Fsp3) is 0.182. The molecule has 3 aliphatic heterocycles. The van der Waals surface area contributed by atoms with Crippen LogP contribution in [-0.2, 0) is 14.4 Å². The van der Waals surface area contributed by atoms with Crippen molar-refractivity contribution in [3.63, 3.8) is 0 Å². The number of ether oxygens (including phenoxy) is 2. The molecule has 0 radical (unpaired) electrons. The Morgan fingerprint density at radius 1 is 1.16 bits per heavy atom. The van der Waals surface area contributed by atoms with Gasteiger partial charge in [-0.2, -0.15) is 0 Å². The average Bonchev–Trinajstić information content (AvgIpc) is 3.02. The fourth-order valence-corrected chi connectivity index (χ4v) is 5.68. The van der Waals surface area contributed by atoms with Crippen molar-refractivity contribution in [1.29, 1.82) is 0 Å². The van der Waals surface area contributed by atoms with Crippen LogP contribution in [0.3, 0.4) is 0 Å². The number of carbonyl (C=O) groups excluding carboxylic acids is 3. The molecule has 0 spiro atoms. The van der Waals surface area contributed by atoms with Crippen molar-refractivity contribution in [2.75, 3.05) is 12.0 Å². The van der Waals surface area contributed by atoms with E-state index in [4.69, 9.17) is 15.2 Å². The molecule has 0 aromatic heterocycles. The highest BCUT2D eigenvalue weighted by atomic mass is 32.2. The maximum Gasteiger partial charge on any atom is 0.342 e. The molecule has 3 aliphatic rings. The van der Waals surface area contributed by atoms with Gasteiger partial charge in [-0.1, -0.05) is 30.0 Å². The van der Waals surface area contributed by atoms with E-state index in [9.17, 15) is 24.3 Å². The van der Waals surface area contributed by atoms with Gasteiger partial charge < -0.3 is 20.3 Å². The molecule has 0 bridgehead atoms. The van der Waals surface area contributed by atoms with E-state index in [1.54, 1.807) is 18.2 Å². The molecule has 0 aliphatic carbocycles. The van der Waals surface area contributed by atoms with Crippen LogP contribution in [0, 0.1) is 5.92 Å². The smallest absolute Gasteiger partial charge is 0.342 e. The number of aromatic carboxylic acids is 1. The van der Waals surface area contributed by atoms with Crippen molar-refractivity contribution in [1.82, 2.24) is 0 Å². The number of imide groups is 1. The predicted molar refractivity (Wildman–Crippen MR) is 113 cm³/mol. The summed E-state index contributed by atoms with van der Waals surface area (Å²) in [5.74, 6) is -4.11. The van der Waals surface area contributed by atoms with E-state index in [1.165, 1.54) is 31.4 Å². The zero-order chi connectivity index (χ0) is 22.7. The molecular weight excluding hydrogens is 436 g/mol. The molecule has 2 amide bonds. The SMILES string of the molecule is COc1cccc2c1OC(=O)C1=C(N)S[C@@H]3C(=O)N(c4cccc(C(=O)O)c4)C(=O)[C@@H]3[C@H]12. The number of esters is 1. The minimum atomic E-state index is -1.18. The highest BCUT2D eigenvalue weighted by Crippen LogP contribution is 2.55. The summed E-state index contributed by atoms with van der Waals surface area (Å²) in [6.45, 7) is 0. The molecule has 0 saturated carbocycles. The lowest BCUT2D eigenvalue weighted by atomic mass is 9.77. The number of thioether (sulfide) groups is 1. The minimum Gasteiger partial charge on any atom is -0.493 e. The molecule has 162 valence electrons. The van der Waals surface area contributed by atoms with Crippen molar-refractivity contribution in [3.05, 3.63) is 64.2 Å². The van der Waals surface area contributed by atoms with Gasteiger partial charge in [0, 0.05) is 11.5 Å². The summed E-state index contributed by atoms with van der Waals surface area (Å²) in [5, 5.41) is 8.54. The molecule has 1 fully saturated rings. The van der Waals surface area contributed by atoms with E-state index in [2.05, 4.69) is 0 Å². The van der Waals surface area contributed by atoms with Gasteiger partial charge in [-0.25, -0.2) is 14.5 Å². The van der Waals surface area contributed by atoms with Crippen LogP contribution in [-0.4, -0.2) is 41.2 Å². The van der Waals surface area contributed by atoms with Crippen LogP contribution in [0.5, 0.6) is 11.5 Å². The zero-order valence-corrected chi connectivity index (χ0v) is 17.4. The predicted octanol–water partition coefficient (Wildman–Crippen LogP) is 1.87. The van der Waals surface area contributed by atoms with Crippen LogP contribution in [0.4, 0.5) is 5.69 Å². The normalized spacial score (nSPS) is 24.0. The molecule has 32 heavy (non-hydrogen) atoms. The Balaban J connectivity index is 1.65. The number of hydrogen-bond donors (Lipinski definition) is 2. The number of anilines is 1. The number of para-hydroxylation sites is 1. The van der Waals surface area contributed by atoms with Gasteiger partial charge in [0.05, 0.1) is 34.9 Å². The summed E-state index contributed by atoms with van der Waals surface area (Å²) in [6.07, 6.45) is 0. The third kappa shape index (κ3) is 2.72. The Bertz CT molecular complexity index is 1250. The molecule has 2 aromatic carbocycles. The number of carbonyl (C=O) groups is 4. The fourth-order valence-electron chi connectivity index (χ4n) is 4.45. The first-order valence-electron chi connectivity index (χ1n) is 9.60. The first kappa shape index (κ1) is 20.1. The van der Waals surface area contributed by atoms with Crippen LogP contribution >= 0.6 is 11.8 Å². The van der Waals surface area contributed by atoms with Gasteiger partial charge in [-0.15, -0.1) is 0 Å². The summed E-state index contributed by atoms with van der Waals surface area (Å²) in [6, 6.07) is 10.6. The number of nitrogens with two attached hydrogens (primary N) is 1. The molecule has 0 unspecified atom stereocenters. The zero-order valence-electron chi connectivity index (χ0n) is 16.6. The maximum absolute atomic E-state index is 13.6. The largest absolute Gasteiger partial charge is 0.493 e. The van der Waals surface area contributed by atoms with E-state index >= 15 is 0 Å². The van der Waals surface area contributed by atoms with Crippen LogP contribution in [0.2, 0.25) is 0 Å². The Kier molecular flexibility index (Phi) is 4.48. The first-order chi connectivity index (χ1) is 15.3. The van der Waals surface area contributed by atoms with Gasteiger partial charge in [-0.3, -0.25) is 9.59 Å². The van der Waals surface area contributed by atoms with Gasteiger partial charge in [0.25, 0.3) is 0 Å². The monoisotopic (exact) mass is 452 g/mol. The molecule has 3 atom stereocenters. The molecule has 10 heteroatoms. The Morgan fingerprint density at radius 2 is 1.91 bits per heavy atom. The number of benzene rings is 2. The van der Waals surface area contributed by atoms with Crippen molar-refractivity contribution in [3.8, 4) is 11.5 Å². The lowest BCUT2D eigenvalue weighted by Crippen LogP contribution is -2.39. The van der Waals surface area contributed by atoms with Crippen LogP contribution in [0.15, 0.2) is 53.1 Å². The topological polar surface area (TPSA) is 136 Å². The number of methoxy groups -OCH3 is 1. The van der Waals surface area contributed by atoms with Crippen LogP contribution in [0.1, 0.15) is 21.8 Å². The summed E-state index contributed by atoms with van der Waals surface area (Å²) in [4.78, 5) is 52.0. The summed E-state index contributed by atoms with van der Waals surface area (Å²) in [5.41, 5.74) is 6.93. The lowest BCUT2D eigenvalue weighted by Gasteiger charge is -2.36. The Morgan fingerprint density at radius 3 is 2.62 bits per heavy atom. The van der Waals surface area contributed by atoms with E-state index in [1.807, 2.05) is 0 Å². The highest BCUT2D eigenvalue weighted by Gasteiger charge is 2.58. The standard InChI is InChI=1S/C22H16N2O7S/c1-30-12-7-3-6-11-13-14-17(32-18(23)15(13)22(29)31-16(11)12)20(26)24(19(14)25)10-5-2-4-9(8-10)21(27)28/h2-8,13-14,17H,23H2,1H3,(H,27,28)/t13-,14-,17+/m1/s1. The quantitative estimate of drug-likeness (QED) is 0.406. The van der Waals surface area contributed by atoms with Gasteiger partial charge in [0.2, 0.25) is 11.8 Å². The number of carboxylic acid groups (broad SMARTS) is 1.